The number of hydrogen-bond donors (Lipinski definition) is 0. The number of ketones is 1. The smallest absolute Gasteiger partial charge is 0.161 e. The Morgan fingerprint density at radius 2 is 1.28 bits per heavy atom. The standard InChI is InChI=1S/C14H18O.C12H16O2/c1-14(2,3)12-6-4-10-5-7-13(15)9-11(10)8-12;1-12(2,3)9-4-5-10-11(8-9)14-7-6-13-10/h4,6,8H,5,7,9H2,1-3H3;4-5,8H,6-7H2,1-3H3. The van der Waals surface area contributed by atoms with Gasteiger partial charge in [0.2, 0.25) is 0 Å². The maximum Gasteiger partial charge on any atom is 0.161 e. The summed E-state index contributed by atoms with van der Waals surface area (Å²) in [4.78, 5) is 11.4. The van der Waals surface area contributed by atoms with E-state index in [9.17, 15) is 4.79 Å². The molecule has 1 heterocycles. The fraction of sp³-hybridized carbons (Fsp3) is 0.500. The highest BCUT2D eigenvalue weighted by Gasteiger charge is 2.20. The quantitative estimate of drug-likeness (QED) is 0.567. The summed E-state index contributed by atoms with van der Waals surface area (Å²) in [7, 11) is 0. The molecule has 3 heteroatoms. The predicted molar refractivity (Wildman–Crippen MR) is 118 cm³/mol. The number of ether oxygens (including phenoxy) is 2. The van der Waals surface area contributed by atoms with Crippen LogP contribution in [0.5, 0.6) is 11.5 Å². The van der Waals surface area contributed by atoms with Crippen molar-refractivity contribution in [1.29, 1.82) is 0 Å². The Morgan fingerprint density at radius 1 is 0.690 bits per heavy atom. The lowest BCUT2D eigenvalue weighted by atomic mass is 9.82. The van der Waals surface area contributed by atoms with Crippen molar-refractivity contribution >= 4 is 5.78 Å². The van der Waals surface area contributed by atoms with Crippen molar-refractivity contribution in [3.8, 4) is 11.5 Å². The van der Waals surface area contributed by atoms with E-state index in [1.165, 1.54) is 22.3 Å². The topological polar surface area (TPSA) is 35.5 Å². The molecule has 0 bridgehead atoms. The van der Waals surface area contributed by atoms with Crippen LogP contribution in [-0.4, -0.2) is 19.0 Å². The van der Waals surface area contributed by atoms with E-state index in [2.05, 4.69) is 71.9 Å². The van der Waals surface area contributed by atoms with Crippen LogP contribution in [0.25, 0.3) is 0 Å². The zero-order chi connectivity index (χ0) is 21.2. The maximum atomic E-state index is 11.4. The molecule has 0 spiro atoms. The Labute approximate surface area is 175 Å². The molecule has 0 saturated heterocycles. The molecule has 156 valence electrons. The van der Waals surface area contributed by atoms with Crippen molar-refractivity contribution in [1.82, 2.24) is 0 Å². The van der Waals surface area contributed by atoms with Crippen molar-refractivity contribution in [2.75, 3.05) is 13.2 Å². The van der Waals surface area contributed by atoms with Crippen molar-refractivity contribution in [2.24, 2.45) is 0 Å². The summed E-state index contributed by atoms with van der Waals surface area (Å²) in [5.41, 5.74) is 5.56. The van der Waals surface area contributed by atoms with E-state index >= 15 is 0 Å². The fourth-order valence-electron chi connectivity index (χ4n) is 3.59. The van der Waals surface area contributed by atoms with E-state index in [0.717, 1.165) is 24.3 Å². The fourth-order valence-corrected chi connectivity index (χ4v) is 3.59. The zero-order valence-corrected chi connectivity index (χ0v) is 18.7. The molecule has 2 aromatic rings. The van der Waals surface area contributed by atoms with Gasteiger partial charge in [0.1, 0.15) is 19.0 Å². The SMILES string of the molecule is CC(C)(C)c1ccc2c(c1)CC(=O)CC2.CC(C)(C)c1ccc2c(c1)OCCO2. The molecule has 2 aliphatic rings. The number of Topliss-reactive ketones (excluding diaryl/α,β-unsaturated/α-hetero) is 1. The lowest BCUT2D eigenvalue weighted by Gasteiger charge is -2.23. The van der Waals surface area contributed by atoms with Gasteiger partial charge in [-0.05, 0) is 51.6 Å². The molecule has 0 unspecified atom stereocenters. The van der Waals surface area contributed by atoms with Gasteiger partial charge in [0.05, 0.1) is 0 Å². The van der Waals surface area contributed by atoms with Crippen LogP contribution in [0.3, 0.4) is 0 Å². The molecular formula is C26H34O3. The molecule has 0 saturated carbocycles. The molecule has 29 heavy (non-hydrogen) atoms. The molecule has 1 aliphatic heterocycles. The summed E-state index contributed by atoms with van der Waals surface area (Å²) in [5.74, 6) is 2.13. The minimum absolute atomic E-state index is 0.163. The van der Waals surface area contributed by atoms with Crippen LogP contribution >= 0.6 is 0 Å². The van der Waals surface area contributed by atoms with Crippen molar-refractivity contribution < 1.29 is 14.3 Å². The minimum atomic E-state index is 0.163. The van der Waals surface area contributed by atoms with Crippen LogP contribution < -0.4 is 9.47 Å². The number of carbonyl (C=O) groups is 1. The molecule has 4 rings (SSSR count). The average Bonchev–Trinajstić information content (AvgIpc) is 2.66. The van der Waals surface area contributed by atoms with Gasteiger partial charge in [-0.3, -0.25) is 4.79 Å². The number of benzene rings is 2. The van der Waals surface area contributed by atoms with E-state index in [-0.39, 0.29) is 10.8 Å². The van der Waals surface area contributed by atoms with Gasteiger partial charge in [0.25, 0.3) is 0 Å². The van der Waals surface area contributed by atoms with Crippen LogP contribution in [0, 0.1) is 0 Å². The highest BCUT2D eigenvalue weighted by molar-refractivity contribution is 5.83. The summed E-state index contributed by atoms with van der Waals surface area (Å²) in [6.45, 7) is 14.5. The molecule has 1 aliphatic carbocycles. The largest absolute Gasteiger partial charge is 0.486 e. The van der Waals surface area contributed by atoms with Crippen LogP contribution in [0.15, 0.2) is 36.4 Å². The third-order valence-corrected chi connectivity index (χ3v) is 5.54. The van der Waals surface area contributed by atoms with Crippen molar-refractivity contribution in [3.05, 3.63) is 58.7 Å². The summed E-state index contributed by atoms with van der Waals surface area (Å²) in [6, 6.07) is 12.8. The Hall–Kier alpha value is -2.29. The molecule has 0 atom stereocenters. The zero-order valence-electron chi connectivity index (χ0n) is 18.7. The monoisotopic (exact) mass is 394 g/mol. The summed E-state index contributed by atoms with van der Waals surface area (Å²) < 4.78 is 11.0. The van der Waals surface area contributed by atoms with Crippen LogP contribution in [0.2, 0.25) is 0 Å². The number of carbonyl (C=O) groups excluding carboxylic acids is 1. The number of hydrogen-bond acceptors (Lipinski definition) is 3. The molecular weight excluding hydrogens is 360 g/mol. The Morgan fingerprint density at radius 3 is 1.93 bits per heavy atom. The first-order valence-corrected chi connectivity index (χ1v) is 10.6. The Balaban J connectivity index is 0.000000166. The third kappa shape index (κ3) is 5.41. The minimum Gasteiger partial charge on any atom is -0.486 e. The Kier molecular flexibility index (Phi) is 6.07. The average molecular weight is 395 g/mol. The second-order valence-electron chi connectivity index (χ2n) is 10.1. The maximum absolute atomic E-state index is 11.4. The lowest BCUT2D eigenvalue weighted by molar-refractivity contribution is -0.118. The van der Waals surface area contributed by atoms with Gasteiger partial charge in [-0.1, -0.05) is 65.8 Å². The number of aryl methyl sites for hydroxylation is 1. The molecule has 0 amide bonds. The van der Waals surface area contributed by atoms with Gasteiger partial charge in [-0.15, -0.1) is 0 Å². The second kappa shape index (κ2) is 8.22. The highest BCUT2D eigenvalue weighted by atomic mass is 16.6. The van der Waals surface area contributed by atoms with Gasteiger partial charge in [-0.2, -0.15) is 0 Å². The van der Waals surface area contributed by atoms with Crippen LogP contribution in [0.1, 0.15) is 70.2 Å². The van der Waals surface area contributed by atoms with E-state index in [4.69, 9.17) is 9.47 Å². The Bertz CT molecular complexity index is 882. The number of rotatable bonds is 0. The van der Waals surface area contributed by atoms with E-state index < -0.39 is 0 Å². The summed E-state index contributed by atoms with van der Waals surface area (Å²) in [6.07, 6.45) is 2.29. The van der Waals surface area contributed by atoms with E-state index in [1.54, 1.807) is 0 Å². The van der Waals surface area contributed by atoms with Crippen molar-refractivity contribution in [3.63, 3.8) is 0 Å². The third-order valence-electron chi connectivity index (χ3n) is 5.54. The van der Waals surface area contributed by atoms with Gasteiger partial charge in [0, 0.05) is 12.8 Å². The molecule has 0 radical (unpaired) electrons. The molecule has 0 fully saturated rings. The first-order chi connectivity index (χ1) is 13.5. The van der Waals surface area contributed by atoms with E-state index in [0.29, 0.717) is 25.4 Å². The molecule has 0 aromatic heterocycles. The molecule has 3 nitrogen and oxygen atoms in total. The van der Waals surface area contributed by atoms with Gasteiger partial charge in [0.15, 0.2) is 11.5 Å². The lowest BCUT2D eigenvalue weighted by Crippen LogP contribution is -2.17. The van der Waals surface area contributed by atoms with Gasteiger partial charge < -0.3 is 9.47 Å². The van der Waals surface area contributed by atoms with Crippen molar-refractivity contribution in [2.45, 2.75) is 71.6 Å². The van der Waals surface area contributed by atoms with Gasteiger partial charge >= 0.3 is 0 Å². The summed E-state index contributed by atoms with van der Waals surface area (Å²) in [5, 5.41) is 0. The first kappa shape index (κ1) is 21.4. The van der Waals surface area contributed by atoms with Gasteiger partial charge in [-0.25, -0.2) is 0 Å². The molecule has 0 N–H and O–H groups in total. The summed E-state index contributed by atoms with van der Waals surface area (Å²) >= 11 is 0. The highest BCUT2D eigenvalue weighted by Crippen LogP contribution is 2.34. The number of fused-ring (bicyclic) bond motifs is 2. The van der Waals surface area contributed by atoms with E-state index in [1.807, 2.05) is 6.07 Å². The first-order valence-electron chi connectivity index (χ1n) is 10.6. The van der Waals surface area contributed by atoms with Crippen LogP contribution in [0.4, 0.5) is 0 Å². The predicted octanol–water partition coefficient (Wildman–Crippen LogP) is 5.80. The second-order valence-corrected chi connectivity index (χ2v) is 10.1. The van der Waals surface area contributed by atoms with Crippen LogP contribution in [-0.2, 0) is 28.5 Å². The normalized spacial score (nSPS) is 15.9. The molecule has 2 aromatic carbocycles.